The van der Waals surface area contributed by atoms with Crippen LogP contribution in [-0.4, -0.2) is 90.2 Å². The molecule has 0 fully saturated rings. The van der Waals surface area contributed by atoms with Crippen LogP contribution in [0, 0.1) is 3.95 Å². The first-order valence-electron chi connectivity index (χ1n) is 8.38. The number of H-pyrrole nitrogens is 1. The van der Waals surface area contributed by atoms with Crippen molar-refractivity contribution in [2.24, 2.45) is 0 Å². The van der Waals surface area contributed by atoms with E-state index in [9.17, 15) is 9.90 Å². The molecule has 1 aromatic rings. The molecule has 0 bridgehead atoms. The molecule has 1 aromatic heterocycles. The molecule has 0 aliphatic carbocycles. The third-order valence-corrected chi connectivity index (χ3v) is 5.15. The molecule has 0 aromatic carbocycles. The molecule has 0 radical (unpaired) electrons. The van der Waals surface area contributed by atoms with E-state index >= 15 is 0 Å². The Labute approximate surface area is 173 Å². The molecule has 156 valence electrons. The van der Waals surface area contributed by atoms with Crippen LogP contribution in [-0.2, 0) is 14.3 Å². The molecular weight excluding hydrogens is 410 g/mol. The van der Waals surface area contributed by atoms with Gasteiger partial charge in [0, 0.05) is 25.0 Å². The van der Waals surface area contributed by atoms with Crippen molar-refractivity contribution in [2.75, 3.05) is 52.8 Å². The van der Waals surface area contributed by atoms with Crippen molar-refractivity contribution < 1.29 is 24.5 Å². The van der Waals surface area contributed by atoms with Gasteiger partial charge in [-0.15, -0.1) is 0 Å². The van der Waals surface area contributed by atoms with Crippen molar-refractivity contribution in [3.05, 3.63) is 16.6 Å². The fourth-order valence-electron chi connectivity index (χ4n) is 1.45. The van der Waals surface area contributed by atoms with Crippen LogP contribution in [0.25, 0.3) is 0 Å². The van der Waals surface area contributed by atoms with E-state index in [-0.39, 0.29) is 13.2 Å². The van der Waals surface area contributed by atoms with Crippen molar-refractivity contribution >= 4 is 41.3 Å². The standard InChI is InChI=1S/C12H18N2O4S3.C4H11NO/c1-2-10(16)18-6-4-3-5-17-7-9(15)8-20-12-14-13-11(19)21-12;1-5(2)3-4-6/h2,9,15H,1,3-8H2,(H,13,19);6H,3-4H2,1-2H3. The van der Waals surface area contributed by atoms with Gasteiger partial charge in [0.05, 0.1) is 25.9 Å². The summed E-state index contributed by atoms with van der Waals surface area (Å²) in [7, 11) is 3.85. The topological polar surface area (TPSA) is 108 Å². The maximum absolute atomic E-state index is 10.8. The quantitative estimate of drug-likeness (QED) is 0.139. The minimum Gasteiger partial charge on any atom is -0.463 e. The molecule has 1 atom stereocenters. The Balaban J connectivity index is 0.000000972. The summed E-state index contributed by atoms with van der Waals surface area (Å²) in [4.78, 5) is 12.7. The van der Waals surface area contributed by atoms with Crippen LogP contribution in [0.4, 0.5) is 0 Å². The molecule has 0 saturated carbocycles. The summed E-state index contributed by atoms with van der Waals surface area (Å²) >= 11 is 7.74. The zero-order valence-electron chi connectivity index (χ0n) is 15.8. The number of aliphatic hydroxyl groups excluding tert-OH is 2. The Bertz CT molecular complexity index is 565. The highest BCUT2D eigenvalue weighted by atomic mass is 32.2. The van der Waals surface area contributed by atoms with Gasteiger partial charge in [-0.05, 0) is 39.2 Å². The van der Waals surface area contributed by atoms with Crippen LogP contribution < -0.4 is 0 Å². The van der Waals surface area contributed by atoms with E-state index in [4.69, 9.17) is 26.8 Å². The number of ether oxygens (including phenoxy) is 2. The lowest BCUT2D eigenvalue weighted by molar-refractivity contribution is -0.137. The molecule has 0 amide bonds. The molecule has 1 heterocycles. The number of aromatic amines is 1. The monoisotopic (exact) mass is 439 g/mol. The zero-order valence-corrected chi connectivity index (χ0v) is 18.2. The van der Waals surface area contributed by atoms with Gasteiger partial charge in [0.25, 0.3) is 0 Å². The van der Waals surface area contributed by atoms with Crippen LogP contribution in [0.5, 0.6) is 0 Å². The van der Waals surface area contributed by atoms with Gasteiger partial charge in [0.1, 0.15) is 0 Å². The van der Waals surface area contributed by atoms with E-state index in [1.54, 1.807) is 0 Å². The van der Waals surface area contributed by atoms with E-state index < -0.39 is 12.1 Å². The van der Waals surface area contributed by atoms with Crippen LogP contribution in [0.3, 0.4) is 0 Å². The Morgan fingerprint density at radius 1 is 1.48 bits per heavy atom. The molecule has 0 saturated heterocycles. The number of carbonyl (C=O) groups is 1. The summed E-state index contributed by atoms with van der Waals surface area (Å²) in [6.45, 7) is 5.48. The van der Waals surface area contributed by atoms with Crippen LogP contribution in [0.1, 0.15) is 12.8 Å². The minimum absolute atomic E-state index is 0.257. The number of hydrogen-bond acceptors (Lipinski definition) is 10. The summed E-state index contributed by atoms with van der Waals surface area (Å²) in [6, 6.07) is 0. The summed E-state index contributed by atoms with van der Waals surface area (Å²) < 4.78 is 11.6. The third-order valence-electron chi connectivity index (χ3n) is 2.77. The number of hydrogen-bond donors (Lipinski definition) is 3. The predicted molar refractivity (Wildman–Crippen MR) is 111 cm³/mol. The number of aromatic nitrogens is 2. The second kappa shape index (κ2) is 17.3. The van der Waals surface area contributed by atoms with Gasteiger partial charge < -0.3 is 24.6 Å². The highest BCUT2D eigenvalue weighted by Gasteiger charge is 2.07. The fraction of sp³-hybridized carbons (Fsp3) is 0.688. The largest absolute Gasteiger partial charge is 0.463 e. The lowest BCUT2D eigenvalue weighted by atomic mass is 10.3. The molecule has 8 nitrogen and oxygen atoms in total. The fourth-order valence-corrected chi connectivity index (χ4v) is 3.46. The first-order chi connectivity index (χ1) is 12.9. The number of unbranched alkanes of at least 4 members (excludes halogenated alkanes) is 1. The minimum atomic E-state index is -0.550. The average molecular weight is 440 g/mol. The molecule has 1 unspecified atom stereocenters. The smallest absolute Gasteiger partial charge is 0.330 e. The summed E-state index contributed by atoms with van der Waals surface area (Å²) in [6.07, 6.45) is 2.08. The van der Waals surface area contributed by atoms with Gasteiger partial charge in [-0.2, -0.15) is 5.10 Å². The van der Waals surface area contributed by atoms with Crippen LogP contribution in [0.15, 0.2) is 17.0 Å². The molecule has 3 N–H and O–H groups in total. The maximum atomic E-state index is 10.8. The normalized spacial score (nSPS) is 11.6. The Hall–Kier alpha value is -0.820. The van der Waals surface area contributed by atoms with E-state index in [0.29, 0.717) is 22.9 Å². The van der Waals surface area contributed by atoms with E-state index in [1.807, 2.05) is 19.0 Å². The second-order valence-electron chi connectivity index (χ2n) is 5.52. The summed E-state index contributed by atoms with van der Waals surface area (Å²) in [5.74, 6) is 0.0950. The summed E-state index contributed by atoms with van der Waals surface area (Å²) in [5, 5.41) is 24.6. The van der Waals surface area contributed by atoms with E-state index in [0.717, 1.165) is 29.8 Å². The molecule has 0 aliphatic rings. The lowest BCUT2D eigenvalue weighted by Crippen LogP contribution is -2.18. The lowest BCUT2D eigenvalue weighted by Gasteiger charge is -2.10. The first kappa shape index (κ1) is 26.2. The van der Waals surface area contributed by atoms with Crippen LogP contribution >= 0.6 is 35.3 Å². The number of likely N-dealkylation sites (N-methyl/N-ethyl adjacent to an activating group) is 1. The number of aliphatic hydroxyl groups is 2. The SMILES string of the molecule is C=CC(=O)OCCCCOCC(O)CSc1n[nH]c(=S)s1.CN(C)CCO. The molecule has 27 heavy (non-hydrogen) atoms. The maximum Gasteiger partial charge on any atom is 0.330 e. The molecule has 1 rings (SSSR count). The highest BCUT2D eigenvalue weighted by Crippen LogP contribution is 2.20. The predicted octanol–water partition coefficient (Wildman–Crippen LogP) is 1.72. The van der Waals surface area contributed by atoms with Crippen molar-refractivity contribution in [3.63, 3.8) is 0 Å². The van der Waals surface area contributed by atoms with E-state index in [2.05, 4.69) is 16.8 Å². The van der Waals surface area contributed by atoms with Crippen molar-refractivity contribution in [3.8, 4) is 0 Å². The zero-order chi connectivity index (χ0) is 20.5. The number of nitrogens with zero attached hydrogens (tertiary/aromatic N) is 2. The van der Waals surface area contributed by atoms with Gasteiger partial charge in [0.15, 0.2) is 8.29 Å². The van der Waals surface area contributed by atoms with Gasteiger partial charge >= 0.3 is 5.97 Å². The van der Waals surface area contributed by atoms with Gasteiger partial charge in [-0.25, -0.2) is 4.79 Å². The number of rotatable bonds is 13. The van der Waals surface area contributed by atoms with Crippen molar-refractivity contribution in [1.82, 2.24) is 15.1 Å². The number of nitrogens with one attached hydrogen (secondary N) is 1. The van der Waals surface area contributed by atoms with Crippen molar-refractivity contribution in [2.45, 2.75) is 23.3 Å². The highest BCUT2D eigenvalue weighted by molar-refractivity contribution is 8.01. The molecular formula is C16H29N3O5S3. The first-order valence-corrected chi connectivity index (χ1v) is 10.6. The van der Waals surface area contributed by atoms with Gasteiger partial charge in [-0.3, -0.25) is 5.10 Å². The van der Waals surface area contributed by atoms with Gasteiger partial charge in [0.2, 0.25) is 0 Å². The Morgan fingerprint density at radius 2 is 2.19 bits per heavy atom. The number of esters is 1. The van der Waals surface area contributed by atoms with Crippen molar-refractivity contribution in [1.29, 1.82) is 0 Å². The van der Waals surface area contributed by atoms with Crippen LogP contribution in [0.2, 0.25) is 0 Å². The average Bonchev–Trinajstić information content (AvgIpc) is 3.04. The molecule has 0 aliphatic heterocycles. The Morgan fingerprint density at radius 3 is 2.70 bits per heavy atom. The van der Waals surface area contributed by atoms with E-state index in [1.165, 1.54) is 23.1 Å². The second-order valence-corrected chi connectivity index (χ2v) is 8.46. The number of carbonyl (C=O) groups excluding carboxylic acids is 1. The molecule has 11 heteroatoms. The molecule has 0 spiro atoms. The van der Waals surface area contributed by atoms with Gasteiger partial charge in [-0.1, -0.05) is 29.7 Å². The Kier molecular flexibility index (Phi) is 16.8. The number of thioether (sulfide) groups is 1. The third kappa shape index (κ3) is 17.0. The summed E-state index contributed by atoms with van der Waals surface area (Å²) in [5.41, 5.74) is 0.